The summed E-state index contributed by atoms with van der Waals surface area (Å²) in [5.74, 6) is 0.794. The van der Waals surface area contributed by atoms with Crippen LogP contribution < -0.4 is 5.32 Å². The summed E-state index contributed by atoms with van der Waals surface area (Å²) >= 11 is 0. The molecular formula is C10H17N3. The number of rotatable bonds is 2. The lowest BCUT2D eigenvalue weighted by atomic mass is 10.00. The summed E-state index contributed by atoms with van der Waals surface area (Å²) in [6.07, 6.45) is 6.72. The molecule has 2 rings (SSSR count). The van der Waals surface area contributed by atoms with Crippen molar-refractivity contribution in [3.63, 3.8) is 0 Å². The summed E-state index contributed by atoms with van der Waals surface area (Å²) < 4.78 is 2.20. The zero-order chi connectivity index (χ0) is 9.10. The van der Waals surface area contributed by atoms with Gasteiger partial charge in [-0.05, 0) is 38.8 Å². The zero-order valence-corrected chi connectivity index (χ0v) is 8.16. The highest BCUT2D eigenvalue weighted by Gasteiger charge is 2.12. The van der Waals surface area contributed by atoms with E-state index in [0.717, 1.165) is 24.7 Å². The van der Waals surface area contributed by atoms with Crippen molar-refractivity contribution in [3.8, 4) is 0 Å². The van der Waals surface area contributed by atoms with Crippen LogP contribution in [0, 0.1) is 12.8 Å². The second-order valence-electron chi connectivity index (χ2n) is 3.92. The van der Waals surface area contributed by atoms with Gasteiger partial charge in [0.15, 0.2) is 0 Å². The fourth-order valence-corrected chi connectivity index (χ4v) is 1.95. The predicted molar refractivity (Wildman–Crippen MR) is 52.6 cm³/mol. The van der Waals surface area contributed by atoms with Crippen molar-refractivity contribution in [1.82, 2.24) is 14.9 Å². The minimum atomic E-state index is 0.794. The van der Waals surface area contributed by atoms with Crippen LogP contribution in [0.1, 0.15) is 18.5 Å². The minimum absolute atomic E-state index is 0.794. The molecule has 72 valence electrons. The van der Waals surface area contributed by atoms with Crippen LogP contribution in [0.4, 0.5) is 0 Å². The van der Waals surface area contributed by atoms with E-state index in [4.69, 9.17) is 0 Å². The number of imidazole rings is 1. The molecule has 0 radical (unpaired) electrons. The molecule has 1 aliphatic rings. The Balaban J connectivity index is 1.89. The lowest BCUT2D eigenvalue weighted by Crippen LogP contribution is -2.31. The van der Waals surface area contributed by atoms with Crippen molar-refractivity contribution in [1.29, 1.82) is 0 Å². The van der Waals surface area contributed by atoms with Gasteiger partial charge < -0.3 is 9.88 Å². The van der Waals surface area contributed by atoms with E-state index in [1.54, 1.807) is 0 Å². The maximum atomic E-state index is 4.22. The van der Waals surface area contributed by atoms with Gasteiger partial charge in [-0.25, -0.2) is 4.98 Å². The highest BCUT2D eigenvalue weighted by molar-refractivity contribution is 4.92. The Kier molecular flexibility index (Phi) is 2.64. The third-order valence-corrected chi connectivity index (χ3v) is 2.63. The molecule has 0 amide bonds. The first-order valence-corrected chi connectivity index (χ1v) is 5.03. The van der Waals surface area contributed by atoms with Gasteiger partial charge in [0, 0.05) is 12.7 Å². The molecule has 1 atom stereocenters. The van der Waals surface area contributed by atoms with Gasteiger partial charge in [-0.1, -0.05) is 0 Å². The van der Waals surface area contributed by atoms with Crippen LogP contribution in [0.2, 0.25) is 0 Å². The van der Waals surface area contributed by atoms with Crippen LogP contribution in [-0.4, -0.2) is 22.6 Å². The molecule has 0 unspecified atom stereocenters. The van der Waals surface area contributed by atoms with Crippen molar-refractivity contribution in [3.05, 3.63) is 18.2 Å². The summed E-state index contributed by atoms with van der Waals surface area (Å²) in [6, 6.07) is 0. The monoisotopic (exact) mass is 179 g/mol. The van der Waals surface area contributed by atoms with E-state index in [2.05, 4.69) is 21.1 Å². The van der Waals surface area contributed by atoms with Crippen LogP contribution in [0.25, 0.3) is 0 Å². The molecule has 3 heteroatoms. The van der Waals surface area contributed by atoms with E-state index in [9.17, 15) is 0 Å². The molecule has 13 heavy (non-hydrogen) atoms. The Morgan fingerprint density at radius 3 is 3.23 bits per heavy atom. The van der Waals surface area contributed by atoms with E-state index < -0.39 is 0 Å². The number of hydrogen-bond acceptors (Lipinski definition) is 2. The smallest absolute Gasteiger partial charge is 0.0949 e. The van der Waals surface area contributed by atoms with E-state index in [0.29, 0.717) is 0 Å². The first-order valence-electron chi connectivity index (χ1n) is 5.03. The summed E-state index contributed by atoms with van der Waals surface area (Å²) in [7, 11) is 0. The van der Waals surface area contributed by atoms with Gasteiger partial charge >= 0.3 is 0 Å². The number of aromatic nitrogens is 2. The first kappa shape index (κ1) is 8.75. The molecule has 1 saturated heterocycles. The second-order valence-corrected chi connectivity index (χ2v) is 3.92. The molecule has 3 nitrogen and oxygen atoms in total. The molecule has 2 heterocycles. The minimum Gasteiger partial charge on any atom is -0.337 e. The fourth-order valence-electron chi connectivity index (χ4n) is 1.95. The largest absolute Gasteiger partial charge is 0.337 e. The molecule has 1 aromatic heterocycles. The Morgan fingerprint density at radius 1 is 1.69 bits per heavy atom. The molecule has 0 aliphatic carbocycles. The van der Waals surface area contributed by atoms with Crippen molar-refractivity contribution in [2.45, 2.75) is 26.3 Å². The number of nitrogens with one attached hydrogen (secondary N) is 1. The van der Waals surface area contributed by atoms with Crippen molar-refractivity contribution < 1.29 is 0 Å². The molecular weight excluding hydrogens is 162 g/mol. The standard InChI is InChI=1S/C10H17N3/c1-9-6-13(8-12-9)7-10-3-2-4-11-5-10/h6,8,10-11H,2-5,7H2,1H3/t10-/m0/s1. The van der Waals surface area contributed by atoms with Crippen LogP contribution in [0.15, 0.2) is 12.5 Å². The Labute approximate surface area is 79.2 Å². The van der Waals surface area contributed by atoms with Crippen LogP contribution in [0.3, 0.4) is 0 Å². The molecule has 1 aliphatic heterocycles. The highest BCUT2D eigenvalue weighted by atomic mass is 15.0. The highest BCUT2D eigenvalue weighted by Crippen LogP contribution is 2.12. The van der Waals surface area contributed by atoms with Gasteiger partial charge in [0.2, 0.25) is 0 Å². The third-order valence-electron chi connectivity index (χ3n) is 2.63. The zero-order valence-electron chi connectivity index (χ0n) is 8.16. The molecule has 0 spiro atoms. The molecule has 1 fully saturated rings. The van der Waals surface area contributed by atoms with Crippen LogP contribution >= 0.6 is 0 Å². The van der Waals surface area contributed by atoms with E-state index in [1.807, 2.05) is 13.3 Å². The molecule has 0 saturated carbocycles. The van der Waals surface area contributed by atoms with Gasteiger partial charge in [0.1, 0.15) is 0 Å². The lowest BCUT2D eigenvalue weighted by molar-refractivity contribution is 0.337. The SMILES string of the molecule is Cc1cn(C[C@H]2CCCNC2)cn1. The first-order chi connectivity index (χ1) is 6.34. The summed E-state index contributed by atoms with van der Waals surface area (Å²) in [5, 5.41) is 3.43. The number of hydrogen-bond donors (Lipinski definition) is 1. The summed E-state index contributed by atoms with van der Waals surface area (Å²) in [4.78, 5) is 4.22. The average Bonchev–Trinajstić information content (AvgIpc) is 2.53. The van der Waals surface area contributed by atoms with E-state index >= 15 is 0 Å². The molecule has 1 aromatic rings. The third kappa shape index (κ3) is 2.31. The van der Waals surface area contributed by atoms with E-state index in [1.165, 1.54) is 19.4 Å². The average molecular weight is 179 g/mol. The summed E-state index contributed by atoms with van der Waals surface area (Å²) in [5.41, 5.74) is 1.11. The normalized spacial score (nSPS) is 23.3. The van der Waals surface area contributed by atoms with Crippen LogP contribution in [-0.2, 0) is 6.54 Å². The maximum Gasteiger partial charge on any atom is 0.0949 e. The van der Waals surface area contributed by atoms with Gasteiger partial charge in [0.25, 0.3) is 0 Å². The van der Waals surface area contributed by atoms with Crippen molar-refractivity contribution >= 4 is 0 Å². The Bertz CT molecular complexity index is 261. The van der Waals surface area contributed by atoms with Gasteiger partial charge in [-0.2, -0.15) is 0 Å². The Morgan fingerprint density at radius 2 is 2.62 bits per heavy atom. The molecule has 0 bridgehead atoms. The van der Waals surface area contributed by atoms with Crippen LogP contribution in [0.5, 0.6) is 0 Å². The Hall–Kier alpha value is -0.830. The second kappa shape index (κ2) is 3.92. The summed E-state index contributed by atoms with van der Waals surface area (Å²) in [6.45, 7) is 5.51. The molecule has 1 N–H and O–H groups in total. The van der Waals surface area contributed by atoms with Crippen molar-refractivity contribution in [2.75, 3.05) is 13.1 Å². The topological polar surface area (TPSA) is 29.9 Å². The van der Waals surface area contributed by atoms with Gasteiger partial charge in [0.05, 0.1) is 12.0 Å². The number of aryl methyl sites for hydroxylation is 1. The number of nitrogens with zero attached hydrogens (tertiary/aromatic N) is 2. The predicted octanol–water partition coefficient (Wildman–Crippen LogP) is 1.19. The fraction of sp³-hybridized carbons (Fsp3) is 0.700. The van der Waals surface area contributed by atoms with E-state index in [-0.39, 0.29) is 0 Å². The maximum absolute atomic E-state index is 4.22. The van der Waals surface area contributed by atoms with Gasteiger partial charge in [-0.3, -0.25) is 0 Å². The number of piperidine rings is 1. The quantitative estimate of drug-likeness (QED) is 0.739. The van der Waals surface area contributed by atoms with Gasteiger partial charge in [-0.15, -0.1) is 0 Å². The lowest BCUT2D eigenvalue weighted by Gasteiger charge is -2.22. The van der Waals surface area contributed by atoms with Crippen molar-refractivity contribution in [2.24, 2.45) is 5.92 Å². The molecule has 0 aromatic carbocycles.